The molecule has 0 heterocycles. The number of hydrogen-bond acceptors (Lipinski definition) is 4. The van der Waals surface area contributed by atoms with Gasteiger partial charge in [-0.05, 0) is 43.5 Å². The minimum absolute atomic E-state index is 0.0270. The number of aryl methyl sites for hydroxylation is 1. The molecule has 0 aromatic heterocycles. The van der Waals surface area contributed by atoms with Crippen molar-refractivity contribution in [2.75, 3.05) is 13.2 Å². The second kappa shape index (κ2) is 8.63. The van der Waals surface area contributed by atoms with Gasteiger partial charge in [-0.15, -0.1) is 0 Å². The molecule has 1 rings (SSSR count). The average molecular weight is 328 g/mol. The van der Waals surface area contributed by atoms with Gasteiger partial charge in [0.2, 0.25) is 0 Å². The largest absolute Gasteiger partial charge is 0.482 e. The molecule has 1 atom stereocenters. The number of nitrogens with one attached hydrogen (secondary N) is 1. The lowest BCUT2D eigenvalue weighted by Crippen LogP contribution is -2.39. The van der Waals surface area contributed by atoms with Gasteiger partial charge in [-0.3, -0.25) is 4.79 Å². The maximum Gasteiger partial charge on any atom is 0.344 e. The third kappa shape index (κ3) is 6.35. The van der Waals surface area contributed by atoms with Gasteiger partial charge in [-0.25, -0.2) is 4.79 Å². The van der Waals surface area contributed by atoms with Crippen molar-refractivity contribution in [1.29, 1.82) is 0 Å². The first-order valence-corrected chi connectivity index (χ1v) is 7.51. The van der Waals surface area contributed by atoms with Crippen molar-refractivity contribution in [2.45, 2.75) is 33.7 Å². The Balaban J connectivity index is 2.33. The summed E-state index contributed by atoms with van der Waals surface area (Å²) in [6, 6.07) is 5.13. The average Bonchev–Trinajstić information content (AvgIpc) is 2.44. The summed E-state index contributed by atoms with van der Waals surface area (Å²) < 4.78 is 10.2. The highest BCUT2D eigenvalue weighted by Crippen LogP contribution is 2.21. The molecular weight excluding hydrogens is 306 g/mol. The van der Waals surface area contributed by atoms with Gasteiger partial charge in [-0.2, -0.15) is 0 Å². The quantitative estimate of drug-likeness (QED) is 0.782. The highest BCUT2D eigenvalue weighted by atomic mass is 35.5. The molecule has 0 saturated heterocycles. The molecule has 0 unspecified atom stereocenters. The summed E-state index contributed by atoms with van der Waals surface area (Å²) in [5.41, 5.74) is 0.823. The zero-order chi connectivity index (χ0) is 16.7. The van der Waals surface area contributed by atoms with E-state index in [2.05, 4.69) is 5.32 Å². The van der Waals surface area contributed by atoms with Gasteiger partial charge in [0.05, 0.1) is 0 Å². The van der Waals surface area contributed by atoms with Gasteiger partial charge in [-0.1, -0.05) is 25.4 Å². The van der Waals surface area contributed by atoms with Crippen LogP contribution in [0.15, 0.2) is 18.2 Å². The maximum atomic E-state index is 11.6. The Morgan fingerprint density at radius 1 is 1.23 bits per heavy atom. The van der Waals surface area contributed by atoms with Crippen LogP contribution in [0.25, 0.3) is 0 Å². The lowest BCUT2D eigenvalue weighted by molar-refractivity contribution is -0.150. The third-order valence-corrected chi connectivity index (χ3v) is 3.47. The van der Waals surface area contributed by atoms with E-state index in [0.717, 1.165) is 5.56 Å². The number of hydrogen-bond donors (Lipinski definition) is 1. The Bertz CT molecular complexity index is 531. The number of rotatable bonds is 7. The summed E-state index contributed by atoms with van der Waals surface area (Å²) in [5, 5.41) is 3.35. The predicted molar refractivity (Wildman–Crippen MR) is 85.1 cm³/mol. The third-order valence-electron chi connectivity index (χ3n) is 3.24. The van der Waals surface area contributed by atoms with Crippen LogP contribution < -0.4 is 10.1 Å². The number of carbonyl (C=O) groups is 2. The van der Waals surface area contributed by atoms with E-state index in [0.29, 0.717) is 16.7 Å². The Kier molecular flexibility index (Phi) is 7.18. The Hall–Kier alpha value is -1.75. The monoisotopic (exact) mass is 327 g/mol. The molecule has 0 aliphatic heterocycles. The molecule has 0 bridgehead atoms. The van der Waals surface area contributed by atoms with Gasteiger partial charge >= 0.3 is 5.97 Å². The Labute approximate surface area is 135 Å². The fraction of sp³-hybridized carbons (Fsp3) is 0.500. The second-order valence-corrected chi connectivity index (χ2v) is 5.90. The highest BCUT2D eigenvalue weighted by Gasteiger charge is 2.13. The molecule has 122 valence electrons. The number of amides is 1. The van der Waals surface area contributed by atoms with E-state index in [4.69, 9.17) is 21.1 Å². The minimum Gasteiger partial charge on any atom is -0.482 e. The number of ether oxygens (including phenoxy) is 2. The van der Waals surface area contributed by atoms with E-state index in [1.807, 2.05) is 27.7 Å². The van der Waals surface area contributed by atoms with Crippen LogP contribution in [-0.2, 0) is 14.3 Å². The van der Waals surface area contributed by atoms with Crippen molar-refractivity contribution < 1.29 is 19.1 Å². The standard InChI is InChI=1S/C16H22ClNO4/c1-10(2)12(4)18-15(19)8-22-16(20)9-21-14-6-5-13(17)7-11(14)3/h5-7,10,12H,8-9H2,1-4H3,(H,18,19)/t12-/m1/s1. The lowest BCUT2D eigenvalue weighted by atomic mass is 10.1. The smallest absolute Gasteiger partial charge is 0.344 e. The topological polar surface area (TPSA) is 64.6 Å². The molecule has 0 saturated carbocycles. The summed E-state index contributed by atoms with van der Waals surface area (Å²) >= 11 is 5.84. The van der Waals surface area contributed by atoms with E-state index in [1.54, 1.807) is 18.2 Å². The van der Waals surface area contributed by atoms with Crippen LogP contribution in [0.3, 0.4) is 0 Å². The van der Waals surface area contributed by atoms with Crippen LogP contribution in [0.4, 0.5) is 0 Å². The van der Waals surface area contributed by atoms with E-state index in [-0.39, 0.29) is 25.2 Å². The predicted octanol–water partition coefficient (Wildman–Crippen LogP) is 2.73. The molecule has 0 radical (unpaired) electrons. The molecule has 5 nitrogen and oxygen atoms in total. The zero-order valence-electron chi connectivity index (χ0n) is 13.3. The fourth-order valence-corrected chi connectivity index (χ4v) is 1.79. The molecular formula is C16H22ClNO4. The van der Waals surface area contributed by atoms with Crippen molar-refractivity contribution in [3.05, 3.63) is 28.8 Å². The number of carbonyl (C=O) groups excluding carboxylic acids is 2. The van der Waals surface area contributed by atoms with E-state index < -0.39 is 5.97 Å². The molecule has 6 heteroatoms. The van der Waals surface area contributed by atoms with Crippen molar-refractivity contribution in [2.24, 2.45) is 5.92 Å². The van der Waals surface area contributed by atoms with Gasteiger partial charge in [0.1, 0.15) is 5.75 Å². The minimum atomic E-state index is -0.596. The van der Waals surface area contributed by atoms with Crippen LogP contribution in [-0.4, -0.2) is 31.1 Å². The second-order valence-electron chi connectivity index (χ2n) is 5.46. The molecule has 1 N–H and O–H groups in total. The summed E-state index contributed by atoms with van der Waals surface area (Å²) in [6.07, 6.45) is 0. The molecule has 1 aromatic carbocycles. The first-order valence-electron chi connectivity index (χ1n) is 7.13. The van der Waals surface area contributed by atoms with Crippen molar-refractivity contribution >= 4 is 23.5 Å². The summed E-state index contributed by atoms with van der Waals surface area (Å²) in [6.45, 7) is 7.16. The maximum absolute atomic E-state index is 11.6. The molecule has 0 spiro atoms. The molecule has 0 aliphatic carbocycles. The summed E-state index contributed by atoms with van der Waals surface area (Å²) in [5.74, 6) is -0.0472. The van der Waals surface area contributed by atoms with Crippen molar-refractivity contribution in [3.63, 3.8) is 0 Å². The van der Waals surface area contributed by atoms with Crippen LogP contribution >= 0.6 is 11.6 Å². The van der Waals surface area contributed by atoms with Gasteiger partial charge in [0.15, 0.2) is 13.2 Å². The molecule has 0 aliphatic rings. The zero-order valence-corrected chi connectivity index (χ0v) is 14.1. The van der Waals surface area contributed by atoms with Gasteiger partial charge in [0.25, 0.3) is 5.91 Å². The summed E-state index contributed by atoms with van der Waals surface area (Å²) in [7, 11) is 0. The number of halogens is 1. The van der Waals surface area contributed by atoms with Crippen LogP contribution in [0, 0.1) is 12.8 Å². The Morgan fingerprint density at radius 3 is 2.50 bits per heavy atom. The van der Waals surface area contributed by atoms with Crippen LogP contribution in [0.5, 0.6) is 5.75 Å². The summed E-state index contributed by atoms with van der Waals surface area (Å²) in [4.78, 5) is 23.1. The van der Waals surface area contributed by atoms with Gasteiger partial charge in [0, 0.05) is 11.1 Å². The van der Waals surface area contributed by atoms with Crippen molar-refractivity contribution in [1.82, 2.24) is 5.32 Å². The van der Waals surface area contributed by atoms with Crippen LogP contribution in [0.1, 0.15) is 26.3 Å². The fourth-order valence-electron chi connectivity index (χ4n) is 1.56. The first kappa shape index (κ1) is 18.3. The Morgan fingerprint density at radius 2 is 1.91 bits per heavy atom. The SMILES string of the molecule is Cc1cc(Cl)ccc1OCC(=O)OCC(=O)N[C@H](C)C(C)C. The van der Waals surface area contributed by atoms with Gasteiger partial charge < -0.3 is 14.8 Å². The normalized spacial score (nSPS) is 11.9. The lowest BCUT2D eigenvalue weighted by Gasteiger charge is -2.17. The van der Waals surface area contributed by atoms with Crippen molar-refractivity contribution in [3.8, 4) is 5.75 Å². The molecule has 22 heavy (non-hydrogen) atoms. The molecule has 0 fully saturated rings. The molecule has 1 aromatic rings. The van der Waals surface area contributed by atoms with Crippen LogP contribution in [0.2, 0.25) is 5.02 Å². The van der Waals surface area contributed by atoms with E-state index in [1.165, 1.54) is 0 Å². The van der Waals surface area contributed by atoms with E-state index in [9.17, 15) is 9.59 Å². The number of esters is 1. The highest BCUT2D eigenvalue weighted by molar-refractivity contribution is 6.30. The van der Waals surface area contributed by atoms with E-state index >= 15 is 0 Å². The number of benzene rings is 1. The first-order chi connectivity index (χ1) is 10.3. The molecule has 1 amide bonds.